The van der Waals surface area contributed by atoms with Gasteiger partial charge >= 0.3 is 5.91 Å². The molecule has 9 heteroatoms. The standard InChI is InChI=1S/C18H32N4O4Si/c1-7-8-9-26-15-12-22(14-25-10-11-27(4,5)6)20-16(17(15)23)18(24)19-13-21(2)3/h12-13H,7-11,14H2,1-6H3/b19-13+. The van der Waals surface area contributed by atoms with Crippen molar-refractivity contribution >= 4 is 20.3 Å². The Kier molecular flexibility index (Phi) is 9.37. The molecule has 0 spiro atoms. The third-order valence-electron chi connectivity index (χ3n) is 3.52. The molecule has 0 unspecified atom stereocenters. The highest BCUT2D eigenvalue weighted by molar-refractivity contribution is 6.76. The van der Waals surface area contributed by atoms with Crippen molar-refractivity contribution in [1.29, 1.82) is 0 Å². The smallest absolute Gasteiger partial charge is 0.303 e. The zero-order chi connectivity index (χ0) is 20.4. The van der Waals surface area contributed by atoms with Gasteiger partial charge in [-0.25, -0.2) is 4.68 Å². The van der Waals surface area contributed by atoms with Gasteiger partial charge in [-0.2, -0.15) is 10.1 Å². The van der Waals surface area contributed by atoms with Crippen molar-refractivity contribution in [3.63, 3.8) is 0 Å². The minimum Gasteiger partial charge on any atom is -0.488 e. The second-order valence-corrected chi connectivity index (χ2v) is 13.4. The quantitative estimate of drug-likeness (QED) is 0.247. The summed E-state index contributed by atoms with van der Waals surface area (Å²) < 4.78 is 12.6. The van der Waals surface area contributed by atoms with Gasteiger partial charge in [0, 0.05) is 28.8 Å². The molecule has 27 heavy (non-hydrogen) atoms. The molecule has 1 aromatic rings. The van der Waals surface area contributed by atoms with E-state index in [1.807, 2.05) is 6.92 Å². The first-order chi connectivity index (χ1) is 12.6. The number of unbranched alkanes of at least 4 members (excludes halogenated alkanes) is 1. The summed E-state index contributed by atoms with van der Waals surface area (Å²) in [5.74, 6) is -0.610. The highest BCUT2D eigenvalue weighted by Crippen LogP contribution is 2.09. The number of hydrogen-bond acceptors (Lipinski definition) is 5. The molecule has 1 rings (SSSR count). The summed E-state index contributed by atoms with van der Waals surface area (Å²) >= 11 is 0. The van der Waals surface area contributed by atoms with Gasteiger partial charge in [-0.3, -0.25) is 9.59 Å². The van der Waals surface area contributed by atoms with Gasteiger partial charge in [-0.15, -0.1) is 0 Å². The Bertz CT molecular complexity index is 696. The van der Waals surface area contributed by atoms with Crippen LogP contribution in [0, 0.1) is 0 Å². The van der Waals surface area contributed by atoms with Crippen molar-refractivity contribution in [2.24, 2.45) is 4.99 Å². The topological polar surface area (TPSA) is 86.0 Å². The summed E-state index contributed by atoms with van der Waals surface area (Å²) in [5, 5.41) is 4.10. The minimum atomic E-state index is -1.19. The third-order valence-corrected chi connectivity index (χ3v) is 5.22. The van der Waals surface area contributed by atoms with Crippen molar-refractivity contribution in [3.05, 3.63) is 22.1 Å². The number of aliphatic imine (C=N–C) groups is 1. The van der Waals surface area contributed by atoms with Gasteiger partial charge in [0.25, 0.3) is 5.43 Å². The van der Waals surface area contributed by atoms with E-state index in [4.69, 9.17) is 9.47 Å². The van der Waals surface area contributed by atoms with E-state index < -0.39 is 19.4 Å². The Balaban J connectivity index is 3.00. The van der Waals surface area contributed by atoms with Crippen LogP contribution in [0.1, 0.15) is 30.3 Å². The van der Waals surface area contributed by atoms with E-state index in [-0.39, 0.29) is 18.2 Å². The van der Waals surface area contributed by atoms with Crippen molar-refractivity contribution in [1.82, 2.24) is 14.7 Å². The average molecular weight is 397 g/mol. The van der Waals surface area contributed by atoms with Crippen LogP contribution in [0.4, 0.5) is 0 Å². The van der Waals surface area contributed by atoms with E-state index in [0.29, 0.717) is 13.2 Å². The largest absolute Gasteiger partial charge is 0.488 e. The monoisotopic (exact) mass is 396 g/mol. The fraction of sp³-hybridized carbons (Fsp3) is 0.667. The molecule has 0 aliphatic heterocycles. The zero-order valence-electron chi connectivity index (χ0n) is 17.3. The van der Waals surface area contributed by atoms with Crippen molar-refractivity contribution in [3.8, 4) is 5.75 Å². The summed E-state index contributed by atoms with van der Waals surface area (Å²) in [6, 6.07) is 1.02. The molecule has 0 aliphatic rings. The molecule has 0 radical (unpaired) electrons. The number of ether oxygens (including phenoxy) is 2. The number of hydrogen-bond donors (Lipinski definition) is 0. The van der Waals surface area contributed by atoms with E-state index in [9.17, 15) is 9.59 Å². The first kappa shape index (κ1) is 23.0. The van der Waals surface area contributed by atoms with Gasteiger partial charge in [-0.1, -0.05) is 33.0 Å². The maximum Gasteiger partial charge on any atom is 0.303 e. The van der Waals surface area contributed by atoms with Crippen LogP contribution in [0.2, 0.25) is 25.7 Å². The molecule has 1 aromatic heterocycles. The summed E-state index contributed by atoms with van der Waals surface area (Å²) in [6.45, 7) is 10.0. The van der Waals surface area contributed by atoms with Crippen LogP contribution in [-0.4, -0.2) is 62.3 Å². The number of nitrogens with zero attached hydrogens (tertiary/aromatic N) is 4. The van der Waals surface area contributed by atoms with Crippen LogP contribution in [0.25, 0.3) is 0 Å². The van der Waals surface area contributed by atoms with Crippen LogP contribution in [-0.2, 0) is 11.5 Å². The van der Waals surface area contributed by atoms with Crippen molar-refractivity contribution < 1.29 is 14.3 Å². The maximum atomic E-state index is 12.5. The second kappa shape index (κ2) is 11.0. The molecule has 0 atom stereocenters. The Morgan fingerprint density at radius 2 is 2.04 bits per heavy atom. The van der Waals surface area contributed by atoms with Crippen LogP contribution in [0.3, 0.4) is 0 Å². The van der Waals surface area contributed by atoms with Crippen molar-refractivity contribution in [2.75, 3.05) is 27.3 Å². The lowest BCUT2D eigenvalue weighted by Crippen LogP contribution is -2.25. The zero-order valence-corrected chi connectivity index (χ0v) is 18.3. The second-order valence-electron chi connectivity index (χ2n) is 7.77. The van der Waals surface area contributed by atoms with Crippen LogP contribution >= 0.6 is 0 Å². The summed E-state index contributed by atoms with van der Waals surface area (Å²) in [6.07, 6.45) is 4.58. The lowest BCUT2D eigenvalue weighted by molar-refractivity contribution is 0.0752. The minimum absolute atomic E-state index is 0.0932. The lowest BCUT2D eigenvalue weighted by Gasteiger charge is -2.16. The van der Waals surface area contributed by atoms with E-state index in [0.717, 1.165) is 18.9 Å². The lowest BCUT2D eigenvalue weighted by atomic mass is 10.3. The van der Waals surface area contributed by atoms with E-state index in [1.165, 1.54) is 17.2 Å². The molecule has 0 saturated carbocycles. The molecule has 152 valence electrons. The average Bonchev–Trinajstić information content (AvgIpc) is 2.58. The number of carbonyl (C=O) groups is 1. The highest BCUT2D eigenvalue weighted by atomic mass is 28.3. The summed E-state index contributed by atoms with van der Waals surface area (Å²) in [4.78, 5) is 30.2. The Morgan fingerprint density at radius 3 is 2.63 bits per heavy atom. The van der Waals surface area contributed by atoms with Gasteiger partial charge in [0.05, 0.1) is 19.1 Å². The van der Waals surface area contributed by atoms with Gasteiger partial charge in [0.1, 0.15) is 6.73 Å². The van der Waals surface area contributed by atoms with E-state index in [1.54, 1.807) is 19.0 Å². The number of amides is 1. The Morgan fingerprint density at radius 1 is 1.33 bits per heavy atom. The van der Waals surface area contributed by atoms with E-state index >= 15 is 0 Å². The Labute approximate surface area is 162 Å². The van der Waals surface area contributed by atoms with Gasteiger partial charge < -0.3 is 14.4 Å². The molecule has 0 aliphatic carbocycles. The summed E-state index contributed by atoms with van der Waals surface area (Å²) in [5.41, 5.74) is -0.818. The SMILES string of the molecule is CCCCOc1cn(COCC[Si](C)(C)C)nc(C(=O)/N=C/N(C)C)c1=O. The first-order valence-electron chi connectivity index (χ1n) is 9.21. The van der Waals surface area contributed by atoms with E-state index in [2.05, 4.69) is 29.7 Å². The third kappa shape index (κ3) is 8.96. The summed E-state index contributed by atoms with van der Waals surface area (Å²) in [7, 11) is 2.28. The van der Waals surface area contributed by atoms with Crippen LogP contribution in [0.15, 0.2) is 16.0 Å². The van der Waals surface area contributed by atoms with Gasteiger partial charge in [0.2, 0.25) is 5.69 Å². The molecule has 0 fully saturated rings. The molecule has 1 heterocycles. The molecule has 0 saturated heterocycles. The van der Waals surface area contributed by atoms with Gasteiger partial charge in [0.15, 0.2) is 5.75 Å². The fourth-order valence-electron chi connectivity index (χ4n) is 1.91. The van der Waals surface area contributed by atoms with Gasteiger partial charge in [-0.05, 0) is 12.5 Å². The molecule has 0 N–H and O–H groups in total. The molecular weight excluding hydrogens is 364 g/mol. The molecular formula is C18H32N4O4Si. The first-order valence-corrected chi connectivity index (χ1v) is 12.9. The number of aromatic nitrogens is 2. The maximum absolute atomic E-state index is 12.5. The Hall–Kier alpha value is -2.00. The fourth-order valence-corrected chi connectivity index (χ4v) is 2.67. The highest BCUT2D eigenvalue weighted by Gasteiger charge is 2.18. The van der Waals surface area contributed by atoms with Crippen LogP contribution < -0.4 is 10.2 Å². The number of rotatable bonds is 11. The molecule has 0 aromatic carbocycles. The van der Waals surface area contributed by atoms with Crippen molar-refractivity contribution in [2.45, 2.75) is 52.2 Å². The predicted molar refractivity (Wildman–Crippen MR) is 110 cm³/mol. The molecule has 0 bridgehead atoms. The van der Waals surface area contributed by atoms with Crippen LogP contribution in [0.5, 0.6) is 5.75 Å². The normalized spacial score (nSPS) is 11.8. The predicted octanol–water partition coefficient (Wildman–Crippen LogP) is 2.46. The molecule has 8 nitrogen and oxygen atoms in total. The number of carbonyl (C=O) groups excluding carboxylic acids is 1. The molecule has 1 amide bonds.